The average Bonchev–Trinajstić information content (AvgIpc) is 3.25. The molecule has 7 aromatic rings. The molecule has 266 valence electrons. The number of nitrogens with zero attached hydrogens (tertiary/aromatic N) is 2. The first kappa shape index (κ1) is 34.1. The molecule has 0 aliphatic heterocycles. The van der Waals surface area contributed by atoms with Crippen molar-refractivity contribution >= 4 is 39.2 Å². The molecule has 2 unspecified atom stereocenters. The molecule has 0 fully saturated rings. The van der Waals surface area contributed by atoms with Gasteiger partial charge >= 0.3 is 0 Å². The standard InChI is InChI=1S/C53H44N2/c1-39-20-22-40(23-21-39)36-53(43-26-30-49(31-27-43)54(47-16-4-2-5-17-47)51-34-24-41-12-8-10-14-45(41)37-51)44-28-32-50(33-29-44)55(48-18-6-3-7-19-48)52-35-25-42-13-9-11-15-46(42)38-52/h2-35,37,46,53H,36,38H2,1H3. The Morgan fingerprint density at radius 1 is 0.509 bits per heavy atom. The van der Waals surface area contributed by atoms with Gasteiger partial charge in [-0.25, -0.2) is 0 Å². The number of fused-ring (bicyclic) bond motifs is 2. The maximum absolute atomic E-state index is 2.43. The van der Waals surface area contributed by atoms with E-state index in [1.807, 2.05) is 0 Å². The molecular weight excluding hydrogens is 665 g/mol. The fourth-order valence-electron chi connectivity index (χ4n) is 8.11. The van der Waals surface area contributed by atoms with Crippen LogP contribution in [0.4, 0.5) is 28.4 Å². The van der Waals surface area contributed by atoms with Crippen LogP contribution in [0.2, 0.25) is 0 Å². The van der Waals surface area contributed by atoms with Crippen LogP contribution in [0.1, 0.15) is 34.6 Å². The van der Waals surface area contributed by atoms with Gasteiger partial charge in [0.05, 0.1) is 0 Å². The van der Waals surface area contributed by atoms with E-state index in [0.29, 0.717) is 5.92 Å². The molecule has 2 aliphatic carbocycles. The van der Waals surface area contributed by atoms with Gasteiger partial charge in [0.1, 0.15) is 0 Å². The molecule has 7 aromatic carbocycles. The summed E-state index contributed by atoms with van der Waals surface area (Å²) in [5.74, 6) is 0.580. The van der Waals surface area contributed by atoms with Gasteiger partial charge in [-0.05, 0) is 120 Å². The Morgan fingerprint density at radius 2 is 1.07 bits per heavy atom. The Bertz CT molecular complexity index is 2520. The number of allylic oxidation sites excluding steroid dienone is 8. The summed E-state index contributed by atoms with van der Waals surface area (Å²) in [6, 6.07) is 64.3. The van der Waals surface area contributed by atoms with Gasteiger partial charge in [0.25, 0.3) is 0 Å². The van der Waals surface area contributed by atoms with E-state index < -0.39 is 0 Å². The van der Waals surface area contributed by atoms with E-state index in [0.717, 1.165) is 29.9 Å². The number of aryl methyl sites for hydroxylation is 1. The number of rotatable bonds is 10. The summed E-state index contributed by atoms with van der Waals surface area (Å²) in [7, 11) is 0. The van der Waals surface area contributed by atoms with Gasteiger partial charge in [-0.2, -0.15) is 0 Å². The van der Waals surface area contributed by atoms with Crippen molar-refractivity contribution < 1.29 is 0 Å². The minimum absolute atomic E-state index is 0.181. The highest BCUT2D eigenvalue weighted by Gasteiger charge is 2.24. The molecule has 9 rings (SSSR count). The van der Waals surface area contributed by atoms with Crippen LogP contribution < -0.4 is 9.80 Å². The van der Waals surface area contributed by atoms with E-state index in [-0.39, 0.29) is 5.92 Å². The van der Waals surface area contributed by atoms with Gasteiger partial charge in [0.15, 0.2) is 0 Å². The molecule has 2 nitrogen and oxygen atoms in total. The second-order valence-electron chi connectivity index (χ2n) is 14.7. The van der Waals surface area contributed by atoms with E-state index in [1.165, 1.54) is 55.7 Å². The maximum atomic E-state index is 2.43. The molecule has 0 saturated carbocycles. The Kier molecular flexibility index (Phi) is 9.55. The largest absolute Gasteiger partial charge is 0.314 e. The van der Waals surface area contributed by atoms with Gasteiger partial charge in [-0.3, -0.25) is 0 Å². The lowest BCUT2D eigenvalue weighted by atomic mass is 9.85. The SMILES string of the molecule is Cc1ccc(CC(c2ccc(N(C3=CC=C4C=CC=CC4C3)c3ccccc3)cc2)c2ccc(N(c3ccccc3)c3ccc4ccccc4c3)cc2)cc1. The number of hydrogen-bond donors (Lipinski definition) is 0. The Labute approximate surface area is 325 Å². The van der Waals surface area contributed by atoms with Crippen LogP contribution in [0.3, 0.4) is 0 Å². The third kappa shape index (κ3) is 7.32. The van der Waals surface area contributed by atoms with Gasteiger partial charge in [-0.15, -0.1) is 0 Å². The molecule has 0 aromatic heterocycles. The van der Waals surface area contributed by atoms with E-state index in [2.05, 4.69) is 229 Å². The Morgan fingerprint density at radius 3 is 1.75 bits per heavy atom. The number of anilines is 5. The second-order valence-corrected chi connectivity index (χ2v) is 14.7. The highest BCUT2D eigenvalue weighted by Crippen LogP contribution is 2.41. The summed E-state index contributed by atoms with van der Waals surface area (Å²) in [6.07, 6.45) is 15.3. The first-order valence-corrected chi connectivity index (χ1v) is 19.4. The third-order valence-electron chi connectivity index (χ3n) is 11.0. The first-order chi connectivity index (χ1) is 27.2. The summed E-state index contributed by atoms with van der Waals surface area (Å²) >= 11 is 0. The number of benzene rings is 7. The van der Waals surface area contributed by atoms with Crippen molar-refractivity contribution in [2.45, 2.75) is 25.7 Å². The van der Waals surface area contributed by atoms with E-state index in [1.54, 1.807) is 0 Å². The van der Waals surface area contributed by atoms with Gasteiger partial charge < -0.3 is 9.80 Å². The topological polar surface area (TPSA) is 6.48 Å². The number of para-hydroxylation sites is 2. The van der Waals surface area contributed by atoms with Crippen molar-refractivity contribution in [1.82, 2.24) is 0 Å². The molecule has 0 amide bonds. The van der Waals surface area contributed by atoms with E-state index in [4.69, 9.17) is 0 Å². The molecule has 2 atom stereocenters. The molecule has 0 heterocycles. The molecule has 55 heavy (non-hydrogen) atoms. The zero-order valence-electron chi connectivity index (χ0n) is 31.2. The fourth-order valence-corrected chi connectivity index (χ4v) is 8.11. The van der Waals surface area contributed by atoms with Crippen LogP contribution >= 0.6 is 0 Å². The highest BCUT2D eigenvalue weighted by molar-refractivity contribution is 5.89. The van der Waals surface area contributed by atoms with Crippen LogP contribution in [-0.2, 0) is 6.42 Å². The van der Waals surface area contributed by atoms with Gasteiger partial charge in [0.2, 0.25) is 0 Å². The molecular formula is C53H44N2. The predicted molar refractivity (Wildman–Crippen MR) is 233 cm³/mol. The lowest BCUT2D eigenvalue weighted by Crippen LogP contribution is -2.21. The summed E-state index contributed by atoms with van der Waals surface area (Å²) in [4.78, 5) is 4.79. The highest BCUT2D eigenvalue weighted by atomic mass is 15.2. The minimum atomic E-state index is 0.181. The quantitative estimate of drug-likeness (QED) is 0.140. The summed E-state index contributed by atoms with van der Waals surface area (Å²) < 4.78 is 0. The smallest absolute Gasteiger partial charge is 0.0468 e. The van der Waals surface area contributed by atoms with Crippen LogP contribution in [0, 0.1) is 12.8 Å². The summed E-state index contributed by atoms with van der Waals surface area (Å²) in [5, 5.41) is 2.47. The second kappa shape index (κ2) is 15.4. The van der Waals surface area contributed by atoms with Crippen LogP contribution in [0.25, 0.3) is 10.8 Å². The lowest BCUT2D eigenvalue weighted by Gasteiger charge is -2.32. The van der Waals surface area contributed by atoms with Crippen molar-refractivity contribution in [3.05, 3.63) is 246 Å². The van der Waals surface area contributed by atoms with Gasteiger partial charge in [0, 0.05) is 46.0 Å². The van der Waals surface area contributed by atoms with Crippen molar-refractivity contribution in [3.63, 3.8) is 0 Å². The molecule has 0 bridgehead atoms. The molecule has 0 saturated heterocycles. The van der Waals surface area contributed by atoms with Crippen LogP contribution in [0.15, 0.2) is 224 Å². The normalized spacial score (nSPS) is 15.2. The number of hydrogen-bond acceptors (Lipinski definition) is 2. The average molecular weight is 709 g/mol. The molecule has 0 radical (unpaired) electrons. The minimum Gasteiger partial charge on any atom is -0.314 e. The molecule has 0 N–H and O–H groups in total. The lowest BCUT2D eigenvalue weighted by molar-refractivity contribution is 0.732. The Balaban J connectivity index is 1.08. The molecule has 0 spiro atoms. The van der Waals surface area contributed by atoms with Crippen molar-refractivity contribution in [2.75, 3.05) is 9.80 Å². The Hall–Kier alpha value is -6.64. The summed E-state index contributed by atoms with van der Waals surface area (Å²) in [6.45, 7) is 2.16. The predicted octanol–water partition coefficient (Wildman–Crippen LogP) is 14.1. The monoisotopic (exact) mass is 708 g/mol. The van der Waals surface area contributed by atoms with E-state index >= 15 is 0 Å². The van der Waals surface area contributed by atoms with Crippen LogP contribution in [-0.4, -0.2) is 0 Å². The third-order valence-corrected chi connectivity index (χ3v) is 11.0. The molecule has 2 aliphatic rings. The van der Waals surface area contributed by atoms with Gasteiger partial charge in [-0.1, -0.05) is 151 Å². The van der Waals surface area contributed by atoms with Crippen molar-refractivity contribution in [3.8, 4) is 0 Å². The van der Waals surface area contributed by atoms with Crippen molar-refractivity contribution in [2.24, 2.45) is 5.92 Å². The van der Waals surface area contributed by atoms with E-state index in [9.17, 15) is 0 Å². The summed E-state index contributed by atoms with van der Waals surface area (Å²) in [5.41, 5.74) is 13.7. The van der Waals surface area contributed by atoms with Crippen molar-refractivity contribution in [1.29, 1.82) is 0 Å². The fraction of sp³-hybridized carbons (Fsp3) is 0.0943. The first-order valence-electron chi connectivity index (χ1n) is 19.4. The zero-order chi connectivity index (χ0) is 37.0. The van der Waals surface area contributed by atoms with Crippen LogP contribution in [0.5, 0.6) is 0 Å². The molecule has 2 heteroatoms. The zero-order valence-corrected chi connectivity index (χ0v) is 31.2. The maximum Gasteiger partial charge on any atom is 0.0468 e.